The van der Waals surface area contributed by atoms with Crippen LogP contribution in [0.2, 0.25) is 0 Å². The first kappa shape index (κ1) is 21.6. The van der Waals surface area contributed by atoms with Crippen molar-refractivity contribution in [3.8, 4) is 5.75 Å². The Morgan fingerprint density at radius 2 is 1.88 bits per heavy atom. The monoisotopic (exact) mass is 365 g/mol. The number of Topliss-reactive ketones (excluding diaryl/α,β-unsaturated/α-hetero) is 1. The predicted molar refractivity (Wildman–Crippen MR) is 105 cm³/mol. The van der Waals surface area contributed by atoms with Gasteiger partial charge in [0.2, 0.25) is 0 Å². The molecule has 0 amide bonds. The smallest absolute Gasteiger partial charge is 0.157 e. The molecule has 0 bridgehead atoms. The Labute approximate surface area is 154 Å². The fourth-order valence-corrected chi connectivity index (χ4v) is 3.15. The Balaban J connectivity index is 3.25. The normalized spacial score (nSPS) is 14.9. The van der Waals surface area contributed by atoms with Crippen LogP contribution in [0.4, 0.5) is 0 Å². The van der Waals surface area contributed by atoms with Gasteiger partial charge in [-0.3, -0.25) is 4.79 Å². The van der Waals surface area contributed by atoms with E-state index in [1.807, 2.05) is 51.1 Å². The molecule has 0 heterocycles. The van der Waals surface area contributed by atoms with Gasteiger partial charge in [-0.05, 0) is 51.8 Å². The van der Waals surface area contributed by atoms with Crippen LogP contribution in [0.15, 0.2) is 35.9 Å². The van der Waals surface area contributed by atoms with Crippen molar-refractivity contribution >= 4 is 16.8 Å². The maximum Gasteiger partial charge on any atom is 0.157 e. The first-order valence-electron chi connectivity index (χ1n) is 8.73. The van der Waals surface area contributed by atoms with E-state index < -0.39 is 21.8 Å². The summed E-state index contributed by atoms with van der Waals surface area (Å²) in [6.07, 6.45) is 4.90. The molecule has 0 radical (unpaired) electrons. The molecule has 2 atom stereocenters. The third-order valence-electron chi connectivity index (χ3n) is 3.87. The summed E-state index contributed by atoms with van der Waals surface area (Å²) in [5.74, 6) is 0.745. The first-order chi connectivity index (χ1) is 11.7. The lowest BCUT2D eigenvalue weighted by molar-refractivity contribution is -0.113. The van der Waals surface area contributed by atoms with Gasteiger partial charge >= 0.3 is 0 Å². The molecule has 0 aliphatic rings. The molecule has 0 fully saturated rings. The van der Waals surface area contributed by atoms with Crippen molar-refractivity contribution in [2.45, 2.75) is 64.7 Å². The number of ketones is 1. The Morgan fingerprint density at radius 1 is 1.28 bits per heavy atom. The van der Waals surface area contributed by atoms with Crippen molar-refractivity contribution in [2.75, 3.05) is 7.11 Å². The van der Waals surface area contributed by atoms with Crippen molar-refractivity contribution < 1.29 is 13.7 Å². The van der Waals surface area contributed by atoms with Crippen LogP contribution in [-0.2, 0) is 15.8 Å². The highest BCUT2D eigenvalue weighted by Crippen LogP contribution is 2.27. The lowest BCUT2D eigenvalue weighted by atomic mass is 9.95. The molecule has 1 aromatic carbocycles. The Morgan fingerprint density at radius 3 is 2.32 bits per heavy atom. The highest BCUT2D eigenvalue weighted by molar-refractivity contribution is 7.84. The second-order valence-electron chi connectivity index (χ2n) is 7.06. The average molecular weight is 366 g/mol. The first-order valence-corrected chi connectivity index (χ1v) is 9.88. The molecule has 0 aromatic heterocycles. The van der Waals surface area contributed by atoms with E-state index in [4.69, 9.17) is 4.74 Å². The number of carbonyl (C=O) groups excluding carboxylic acids is 1. The van der Waals surface area contributed by atoms with E-state index in [-0.39, 0.29) is 5.78 Å². The molecule has 1 N–H and O–H groups in total. The van der Waals surface area contributed by atoms with Gasteiger partial charge in [-0.1, -0.05) is 38.0 Å². The fraction of sp³-hybridized carbons (Fsp3) is 0.550. The van der Waals surface area contributed by atoms with Crippen LogP contribution in [0.1, 0.15) is 65.5 Å². The molecule has 1 aromatic rings. The van der Waals surface area contributed by atoms with Gasteiger partial charge in [-0.2, -0.15) is 0 Å². The Bertz CT molecular complexity index is 615. The zero-order chi connectivity index (χ0) is 19.0. The average Bonchev–Trinajstić information content (AvgIpc) is 2.56. The summed E-state index contributed by atoms with van der Waals surface area (Å²) in [5, 5.41) is 0. The van der Waals surface area contributed by atoms with Crippen LogP contribution in [0.25, 0.3) is 0 Å². The number of ether oxygens (including phenoxy) is 1. The fourth-order valence-electron chi connectivity index (χ4n) is 2.32. The molecule has 0 saturated carbocycles. The zero-order valence-corrected chi connectivity index (χ0v) is 17.0. The number of methoxy groups -OCH3 is 1. The van der Waals surface area contributed by atoms with Gasteiger partial charge in [0.15, 0.2) is 5.78 Å². The van der Waals surface area contributed by atoms with Gasteiger partial charge < -0.3 is 4.74 Å². The lowest BCUT2D eigenvalue weighted by Gasteiger charge is -2.26. The number of carbonyl (C=O) groups is 1. The van der Waals surface area contributed by atoms with Crippen molar-refractivity contribution in [1.82, 2.24) is 4.72 Å². The number of hydrogen-bond acceptors (Lipinski definition) is 3. The highest BCUT2D eigenvalue weighted by atomic mass is 32.2. The van der Waals surface area contributed by atoms with Gasteiger partial charge in [0.25, 0.3) is 0 Å². The molecule has 0 saturated heterocycles. The molecule has 1 rings (SSSR count). The zero-order valence-electron chi connectivity index (χ0n) is 16.2. The SMILES string of the molecule is CCCC/C=C(\C(C)=O)[C@@H](NS(=O)C(C)(C)C)c1ccc(OC)cc1. The van der Waals surface area contributed by atoms with Crippen LogP contribution in [0.5, 0.6) is 5.75 Å². The van der Waals surface area contributed by atoms with Crippen molar-refractivity contribution in [2.24, 2.45) is 0 Å². The Kier molecular flexibility index (Phi) is 8.53. The van der Waals surface area contributed by atoms with Crippen LogP contribution in [0, 0.1) is 0 Å². The third kappa shape index (κ3) is 6.75. The molecule has 0 spiro atoms. The minimum Gasteiger partial charge on any atom is -0.497 e. The van der Waals surface area contributed by atoms with E-state index in [1.54, 1.807) is 14.0 Å². The third-order valence-corrected chi connectivity index (χ3v) is 5.43. The van der Waals surface area contributed by atoms with E-state index in [9.17, 15) is 9.00 Å². The quantitative estimate of drug-likeness (QED) is 0.518. The molecular formula is C20H31NO3S. The van der Waals surface area contributed by atoms with Crippen molar-refractivity contribution in [3.05, 3.63) is 41.5 Å². The van der Waals surface area contributed by atoms with Gasteiger partial charge in [0, 0.05) is 5.57 Å². The summed E-state index contributed by atoms with van der Waals surface area (Å²) < 4.78 is 20.6. The second kappa shape index (κ2) is 9.88. The molecule has 0 aliphatic heterocycles. The number of unbranched alkanes of at least 4 members (excludes halogenated alkanes) is 2. The summed E-state index contributed by atoms with van der Waals surface area (Å²) in [5.41, 5.74) is 1.56. The van der Waals surface area contributed by atoms with Crippen molar-refractivity contribution in [1.29, 1.82) is 0 Å². The number of allylic oxidation sites excluding steroid dienone is 1. The minimum absolute atomic E-state index is 0.00432. The van der Waals surface area contributed by atoms with E-state index in [0.29, 0.717) is 5.57 Å². The predicted octanol–water partition coefficient (Wildman–Crippen LogP) is 4.49. The van der Waals surface area contributed by atoms with Gasteiger partial charge in [-0.25, -0.2) is 8.93 Å². The van der Waals surface area contributed by atoms with E-state index in [0.717, 1.165) is 30.6 Å². The van der Waals surface area contributed by atoms with E-state index in [1.165, 1.54) is 0 Å². The summed E-state index contributed by atoms with van der Waals surface area (Å²) in [6.45, 7) is 9.42. The van der Waals surface area contributed by atoms with E-state index in [2.05, 4.69) is 11.6 Å². The summed E-state index contributed by atoms with van der Waals surface area (Å²) in [7, 11) is 0.322. The lowest BCUT2D eigenvalue weighted by Crippen LogP contribution is -2.37. The van der Waals surface area contributed by atoms with Crippen LogP contribution >= 0.6 is 0 Å². The number of rotatable bonds is 9. The largest absolute Gasteiger partial charge is 0.497 e. The van der Waals surface area contributed by atoms with Crippen LogP contribution < -0.4 is 9.46 Å². The van der Waals surface area contributed by atoms with Crippen LogP contribution in [-0.4, -0.2) is 21.8 Å². The molecule has 5 heteroatoms. The maximum atomic E-state index is 12.7. The summed E-state index contributed by atoms with van der Waals surface area (Å²) >= 11 is 0. The summed E-state index contributed by atoms with van der Waals surface area (Å²) in [4.78, 5) is 12.3. The summed E-state index contributed by atoms with van der Waals surface area (Å²) in [6, 6.07) is 7.13. The molecule has 25 heavy (non-hydrogen) atoms. The maximum absolute atomic E-state index is 12.7. The number of hydrogen-bond donors (Lipinski definition) is 1. The van der Waals surface area contributed by atoms with Gasteiger partial charge in [-0.15, -0.1) is 0 Å². The minimum atomic E-state index is -1.29. The number of benzene rings is 1. The van der Waals surface area contributed by atoms with Crippen molar-refractivity contribution in [3.63, 3.8) is 0 Å². The highest BCUT2D eigenvalue weighted by Gasteiger charge is 2.27. The van der Waals surface area contributed by atoms with Gasteiger partial charge in [0.05, 0.1) is 28.9 Å². The molecule has 140 valence electrons. The molecule has 1 unspecified atom stereocenters. The Hall–Kier alpha value is -1.46. The molecular weight excluding hydrogens is 334 g/mol. The molecule has 4 nitrogen and oxygen atoms in total. The van der Waals surface area contributed by atoms with E-state index >= 15 is 0 Å². The number of nitrogens with one attached hydrogen (secondary N) is 1. The molecule has 0 aliphatic carbocycles. The van der Waals surface area contributed by atoms with Crippen LogP contribution in [0.3, 0.4) is 0 Å². The van der Waals surface area contributed by atoms with Gasteiger partial charge in [0.1, 0.15) is 5.75 Å². The standard InChI is InChI=1S/C20H31NO3S/c1-7-8-9-10-18(15(2)22)19(21-25(23)20(3,4)5)16-11-13-17(24-6)14-12-16/h10-14,19,21H,7-9H2,1-6H3/b18-10+/t19-,25?/m0/s1. The topological polar surface area (TPSA) is 55.4 Å². The second-order valence-corrected chi connectivity index (χ2v) is 9.06.